The SMILES string of the molecule is COc1cc(C(=O)Nc2c(F)cccc2F)cc(Cl)c1OC. The Morgan fingerprint density at radius 3 is 2.32 bits per heavy atom. The molecular formula is C15H12ClF2NO3. The van der Waals surface area contributed by atoms with Gasteiger partial charge in [0.25, 0.3) is 5.91 Å². The highest BCUT2D eigenvalue weighted by molar-refractivity contribution is 6.32. The third-order valence-corrected chi connectivity index (χ3v) is 3.18. The summed E-state index contributed by atoms with van der Waals surface area (Å²) in [5.74, 6) is -1.99. The Bertz CT molecular complexity index is 702. The van der Waals surface area contributed by atoms with Crippen molar-refractivity contribution >= 4 is 23.2 Å². The van der Waals surface area contributed by atoms with Gasteiger partial charge in [-0.3, -0.25) is 4.79 Å². The van der Waals surface area contributed by atoms with Crippen molar-refractivity contribution in [2.45, 2.75) is 0 Å². The third-order valence-electron chi connectivity index (χ3n) is 2.90. The zero-order valence-electron chi connectivity index (χ0n) is 11.7. The fraction of sp³-hybridized carbons (Fsp3) is 0.133. The van der Waals surface area contributed by atoms with Crippen LogP contribution in [-0.4, -0.2) is 20.1 Å². The number of benzene rings is 2. The number of rotatable bonds is 4. The molecule has 2 aromatic carbocycles. The van der Waals surface area contributed by atoms with Crippen LogP contribution in [0.3, 0.4) is 0 Å². The van der Waals surface area contributed by atoms with Crippen LogP contribution in [-0.2, 0) is 0 Å². The van der Waals surface area contributed by atoms with Gasteiger partial charge in [-0.05, 0) is 24.3 Å². The van der Waals surface area contributed by atoms with E-state index in [1.807, 2.05) is 0 Å². The fourth-order valence-electron chi connectivity index (χ4n) is 1.85. The predicted octanol–water partition coefficient (Wildman–Crippen LogP) is 3.89. The molecule has 0 radical (unpaired) electrons. The Kier molecular flexibility index (Phi) is 4.82. The van der Waals surface area contributed by atoms with E-state index in [2.05, 4.69) is 5.32 Å². The van der Waals surface area contributed by atoms with Gasteiger partial charge in [-0.25, -0.2) is 8.78 Å². The number of hydrogen-bond acceptors (Lipinski definition) is 3. The summed E-state index contributed by atoms with van der Waals surface area (Å²) in [6.45, 7) is 0. The van der Waals surface area contributed by atoms with Crippen LogP contribution in [0.25, 0.3) is 0 Å². The smallest absolute Gasteiger partial charge is 0.256 e. The van der Waals surface area contributed by atoms with Crippen molar-refractivity contribution in [3.05, 3.63) is 52.6 Å². The summed E-state index contributed by atoms with van der Waals surface area (Å²) in [6.07, 6.45) is 0. The highest BCUT2D eigenvalue weighted by Crippen LogP contribution is 2.36. The van der Waals surface area contributed by atoms with Crippen molar-refractivity contribution < 1.29 is 23.0 Å². The van der Waals surface area contributed by atoms with Crippen LogP contribution in [0.2, 0.25) is 5.02 Å². The maximum Gasteiger partial charge on any atom is 0.256 e. The van der Waals surface area contributed by atoms with Gasteiger partial charge in [0.2, 0.25) is 0 Å². The van der Waals surface area contributed by atoms with Crippen LogP contribution in [0.5, 0.6) is 11.5 Å². The lowest BCUT2D eigenvalue weighted by molar-refractivity contribution is 0.102. The molecular weight excluding hydrogens is 316 g/mol. The maximum absolute atomic E-state index is 13.5. The number of anilines is 1. The molecule has 0 saturated carbocycles. The fourth-order valence-corrected chi connectivity index (χ4v) is 2.14. The molecule has 7 heteroatoms. The zero-order valence-corrected chi connectivity index (χ0v) is 12.5. The van der Waals surface area contributed by atoms with Gasteiger partial charge in [0.05, 0.1) is 19.2 Å². The molecule has 0 aliphatic rings. The summed E-state index contributed by atoms with van der Waals surface area (Å²) < 4.78 is 37.2. The highest BCUT2D eigenvalue weighted by atomic mass is 35.5. The molecule has 0 aliphatic heterocycles. The predicted molar refractivity (Wildman–Crippen MR) is 78.9 cm³/mol. The van der Waals surface area contributed by atoms with Crippen molar-refractivity contribution in [3.63, 3.8) is 0 Å². The summed E-state index contributed by atoms with van der Waals surface area (Å²) >= 11 is 5.99. The lowest BCUT2D eigenvalue weighted by atomic mass is 10.1. The molecule has 0 bridgehead atoms. The van der Waals surface area contributed by atoms with Gasteiger partial charge in [-0.15, -0.1) is 0 Å². The minimum atomic E-state index is -0.875. The molecule has 0 fully saturated rings. The summed E-state index contributed by atoms with van der Waals surface area (Å²) in [6, 6.07) is 5.96. The van der Waals surface area contributed by atoms with Gasteiger partial charge >= 0.3 is 0 Å². The van der Waals surface area contributed by atoms with Gasteiger partial charge in [-0.2, -0.15) is 0 Å². The normalized spacial score (nSPS) is 10.2. The van der Waals surface area contributed by atoms with Gasteiger partial charge < -0.3 is 14.8 Å². The molecule has 2 rings (SSSR count). The quantitative estimate of drug-likeness (QED) is 0.926. The van der Waals surface area contributed by atoms with Crippen molar-refractivity contribution in [2.24, 2.45) is 0 Å². The Morgan fingerprint density at radius 2 is 1.77 bits per heavy atom. The molecule has 0 saturated heterocycles. The number of halogens is 3. The number of carbonyl (C=O) groups is 1. The number of carbonyl (C=O) groups excluding carboxylic acids is 1. The molecule has 0 atom stereocenters. The van der Waals surface area contributed by atoms with Crippen molar-refractivity contribution in [2.75, 3.05) is 19.5 Å². The molecule has 0 unspecified atom stereocenters. The number of nitrogens with one attached hydrogen (secondary N) is 1. The number of para-hydroxylation sites is 1. The first-order valence-corrected chi connectivity index (χ1v) is 6.52. The van der Waals surface area contributed by atoms with Crippen molar-refractivity contribution in [1.29, 1.82) is 0 Å². The average Bonchev–Trinajstić information content (AvgIpc) is 2.49. The second-order valence-electron chi connectivity index (χ2n) is 4.24. The largest absolute Gasteiger partial charge is 0.493 e. The third kappa shape index (κ3) is 3.12. The number of methoxy groups -OCH3 is 2. The molecule has 1 N–H and O–H groups in total. The van der Waals surface area contributed by atoms with Crippen LogP contribution in [0, 0.1) is 11.6 Å². The van der Waals surface area contributed by atoms with E-state index >= 15 is 0 Å². The van der Waals surface area contributed by atoms with Gasteiger partial charge in [0.15, 0.2) is 11.5 Å². The Balaban J connectivity index is 2.36. The van der Waals surface area contributed by atoms with Crippen LogP contribution < -0.4 is 14.8 Å². The van der Waals surface area contributed by atoms with E-state index in [1.165, 1.54) is 32.4 Å². The van der Waals surface area contributed by atoms with Crippen molar-refractivity contribution in [1.82, 2.24) is 0 Å². The monoisotopic (exact) mass is 327 g/mol. The molecule has 0 heterocycles. The van der Waals surface area contributed by atoms with Gasteiger partial charge in [0.1, 0.15) is 17.3 Å². The van der Waals surface area contributed by atoms with Crippen LogP contribution in [0.1, 0.15) is 10.4 Å². The number of ether oxygens (including phenoxy) is 2. The Morgan fingerprint density at radius 1 is 1.14 bits per heavy atom. The molecule has 0 aliphatic carbocycles. The van der Waals surface area contributed by atoms with Crippen LogP contribution in [0.4, 0.5) is 14.5 Å². The molecule has 116 valence electrons. The minimum absolute atomic E-state index is 0.0744. The van der Waals surface area contributed by atoms with E-state index in [-0.39, 0.29) is 22.1 Å². The van der Waals surface area contributed by atoms with E-state index in [4.69, 9.17) is 21.1 Å². The Labute approximate surface area is 130 Å². The molecule has 4 nitrogen and oxygen atoms in total. The second-order valence-corrected chi connectivity index (χ2v) is 4.65. The highest BCUT2D eigenvalue weighted by Gasteiger charge is 2.17. The standard InChI is InChI=1S/C15H12ClF2NO3/c1-21-12-7-8(6-9(16)14(12)22-2)15(20)19-13-10(17)4-3-5-11(13)18/h3-7H,1-2H3,(H,19,20). The summed E-state index contributed by atoms with van der Waals surface area (Å²) in [5, 5.41) is 2.31. The van der Waals surface area contributed by atoms with E-state index in [1.54, 1.807) is 0 Å². The lowest BCUT2D eigenvalue weighted by Crippen LogP contribution is -2.14. The molecule has 2 aromatic rings. The average molecular weight is 328 g/mol. The molecule has 22 heavy (non-hydrogen) atoms. The first-order chi connectivity index (χ1) is 10.5. The maximum atomic E-state index is 13.5. The minimum Gasteiger partial charge on any atom is -0.493 e. The van der Waals surface area contributed by atoms with E-state index in [0.717, 1.165) is 12.1 Å². The molecule has 0 spiro atoms. The van der Waals surface area contributed by atoms with E-state index in [9.17, 15) is 13.6 Å². The lowest BCUT2D eigenvalue weighted by Gasteiger charge is -2.12. The Hall–Kier alpha value is -2.34. The number of hydrogen-bond donors (Lipinski definition) is 1. The van der Waals surface area contributed by atoms with E-state index < -0.39 is 23.2 Å². The zero-order chi connectivity index (χ0) is 16.3. The second kappa shape index (κ2) is 6.62. The topological polar surface area (TPSA) is 47.6 Å². The van der Waals surface area contributed by atoms with Crippen LogP contribution in [0.15, 0.2) is 30.3 Å². The first-order valence-electron chi connectivity index (χ1n) is 6.14. The summed E-state index contributed by atoms with van der Waals surface area (Å²) in [4.78, 5) is 12.1. The van der Waals surface area contributed by atoms with Crippen molar-refractivity contribution in [3.8, 4) is 11.5 Å². The number of amides is 1. The first kappa shape index (κ1) is 16.0. The van der Waals surface area contributed by atoms with Gasteiger partial charge in [0, 0.05) is 5.56 Å². The molecule has 0 aromatic heterocycles. The molecule has 1 amide bonds. The van der Waals surface area contributed by atoms with E-state index in [0.29, 0.717) is 0 Å². The van der Waals surface area contributed by atoms with Crippen LogP contribution >= 0.6 is 11.6 Å². The summed E-state index contributed by atoms with van der Waals surface area (Å²) in [5.41, 5.74) is -0.455. The summed E-state index contributed by atoms with van der Waals surface area (Å²) in [7, 11) is 2.78. The van der Waals surface area contributed by atoms with Gasteiger partial charge in [-0.1, -0.05) is 17.7 Å².